The summed E-state index contributed by atoms with van der Waals surface area (Å²) in [5, 5.41) is 0. The number of carbonyl (C=O) groups is 1. The lowest BCUT2D eigenvalue weighted by atomic mass is 9.68. The summed E-state index contributed by atoms with van der Waals surface area (Å²) in [6.45, 7) is 11.7. The van der Waals surface area contributed by atoms with Gasteiger partial charge in [0, 0.05) is 11.8 Å². The predicted molar refractivity (Wildman–Crippen MR) is 60.1 cm³/mol. The molecular weight excluding hydrogens is 172 g/mol. The van der Waals surface area contributed by atoms with Gasteiger partial charge in [0.15, 0.2) is 0 Å². The summed E-state index contributed by atoms with van der Waals surface area (Å²) in [7, 11) is 0. The number of Topliss-reactive ketones (excluding diaryl/α,β-unsaturated/α-hetero) is 1. The Balaban J connectivity index is 2.68. The van der Waals surface area contributed by atoms with Crippen molar-refractivity contribution in [2.75, 3.05) is 0 Å². The van der Waals surface area contributed by atoms with Crippen LogP contribution in [0.15, 0.2) is 24.8 Å². The molecule has 0 N–H and O–H groups in total. The molecular formula is C13H20O. The highest BCUT2D eigenvalue weighted by Crippen LogP contribution is 2.40. The van der Waals surface area contributed by atoms with Crippen molar-refractivity contribution in [2.24, 2.45) is 11.3 Å². The lowest BCUT2D eigenvalue weighted by Gasteiger charge is -2.35. The van der Waals surface area contributed by atoms with E-state index < -0.39 is 0 Å². The van der Waals surface area contributed by atoms with E-state index >= 15 is 0 Å². The van der Waals surface area contributed by atoms with E-state index in [1.807, 2.05) is 13.0 Å². The van der Waals surface area contributed by atoms with Crippen molar-refractivity contribution < 1.29 is 4.79 Å². The first kappa shape index (κ1) is 11.2. The summed E-state index contributed by atoms with van der Waals surface area (Å²) >= 11 is 0. The minimum atomic E-state index is -0.145. The van der Waals surface area contributed by atoms with Gasteiger partial charge in [-0.15, -0.1) is 6.58 Å². The van der Waals surface area contributed by atoms with Gasteiger partial charge in [0.05, 0.1) is 0 Å². The molecule has 0 aromatic heterocycles. The van der Waals surface area contributed by atoms with Crippen molar-refractivity contribution in [3.63, 3.8) is 0 Å². The van der Waals surface area contributed by atoms with Crippen molar-refractivity contribution in [2.45, 2.75) is 39.5 Å². The first-order valence-corrected chi connectivity index (χ1v) is 5.29. The molecule has 1 fully saturated rings. The van der Waals surface area contributed by atoms with Crippen molar-refractivity contribution >= 4 is 5.78 Å². The molecule has 1 aliphatic rings. The minimum absolute atomic E-state index is 0.145. The van der Waals surface area contributed by atoms with Gasteiger partial charge >= 0.3 is 0 Å². The third-order valence-electron chi connectivity index (χ3n) is 3.44. The van der Waals surface area contributed by atoms with Gasteiger partial charge in [-0.05, 0) is 32.1 Å². The van der Waals surface area contributed by atoms with Crippen LogP contribution in [0.1, 0.15) is 39.5 Å². The van der Waals surface area contributed by atoms with Crippen LogP contribution in [0.2, 0.25) is 0 Å². The average molecular weight is 192 g/mol. The van der Waals surface area contributed by atoms with Gasteiger partial charge in [-0.1, -0.05) is 25.2 Å². The van der Waals surface area contributed by atoms with Crippen LogP contribution in [-0.2, 0) is 4.79 Å². The van der Waals surface area contributed by atoms with Crippen molar-refractivity contribution in [3.05, 3.63) is 24.8 Å². The minimum Gasteiger partial charge on any atom is -0.299 e. The molecule has 1 aliphatic carbocycles. The maximum Gasteiger partial charge on any atom is 0.139 e. The van der Waals surface area contributed by atoms with E-state index in [-0.39, 0.29) is 5.41 Å². The zero-order chi connectivity index (χ0) is 10.8. The molecule has 0 amide bonds. The molecule has 0 aliphatic heterocycles. The largest absolute Gasteiger partial charge is 0.299 e. The quantitative estimate of drug-likeness (QED) is 0.625. The lowest BCUT2D eigenvalue weighted by molar-refractivity contribution is -0.131. The Morgan fingerprint density at radius 3 is 2.79 bits per heavy atom. The molecule has 2 atom stereocenters. The fourth-order valence-electron chi connectivity index (χ4n) is 2.16. The Labute approximate surface area is 86.9 Å². The summed E-state index contributed by atoms with van der Waals surface area (Å²) < 4.78 is 0. The first-order valence-electron chi connectivity index (χ1n) is 5.29. The van der Waals surface area contributed by atoms with Gasteiger partial charge < -0.3 is 0 Å². The van der Waals surface area contributed by atoms with Crippen LogP contribution in [-0.4, -0.2) is 5.78 Å². The summed E-state index contributed by atoms with van der Waals surface area (Å²) in [6, 6.07) is 0. The molecule has 0 aromatic rings. The second-order valence-electron chi connectivity index (χ2n) is 4.76. The van der Waals surface area contributed by atoms with Crippen LogP contribution in [0.4, 0.5) is 0 Å². The zero-order valence-corrected chi connectivity index (χ0v) is 9.31. The standard InChI is InChI=1S/C13H20O/c1-5-7-13(4)8-6-11(10(2)3)9-12(13)14/h5,11H,1-2,6-9H2,3-4H3. The molecule has 1 saturated carbocycles. The number of carbonyl (C=O) groups excluding carboxylic acids is 1. The van der Waals surface area contributed by atoms with Crippen LogP contribution in [0.5, 0.6) is 0 Å². The highest BCUT2D eigenvalue weighted by molar-refractivity contribution is 5.85. The fourth-order valence-corrected chi connectivity index (χ4v) is 2.16. The molecule has 1 nitrogen and oxygen atoms in total. The summed E-state index contributed by atoms with van der Waals surface area (Å²) in [5.41, 5.74) is 1.01. The topological polar surface area (TPSA) is 17.1 Å². The maximum absolute atomic E-state index is 11.9. The monoisotopic (exact) mass is 192 g/mol. The number of hydrogen-bond acceptors (Lipinski definition) is 1. The third-order valence-corrected chi connectivity index (χ3v) is 3.44. The second-order valence-corrected chi connectivity index (χ2v) is 4.76. The van der Waals surface area contributed by atoms with Crippen molar-refractivity contribution in [1.82, 2.24) is 0 Å². The van der Waals surface area contributed by atoms with E-state index in [1.54, 1.807) is 0 Å². The van der Waals surface area contributed by atoms with Gasteiger partial charge in [0.2, 0.25) is 0 Å². The second kappa shape index (κ2) is 4.12. The number of hydrogen-bond donors (Lipinski definition) is 0. The van der Waals surface area contributed by atoms with Crippen LogP contribution in [0.25, 0.3) is 0 Å². The van der Waals surface area contributed by atoms with E-state index in [9.17, 15) is 4.79 Å². The molecule has 0 bridgehead atoms. The van der Waals surface area contributed by atoms with Crippen LogP contribution < -0.4 is 0 Å². The van der Waals surface area contributed by atoms with Crippen molar-refractivity contribution in [3.8, 4) is 0 Å². The molecule has 14 heavy (non-hydrogen) atoms. The highest BCUT2D eigenvalue weighted by atomic mass is 16.1. The molecule has 78 valence electrons. The normalized spacial score (nSPS) is 32.7. The first-order chi connectivity index (χ1) is 6.49. The van der Waals surface area contributed by atoms with Gasteiger partial charge in [0.1, 0.15) is 5.78 Å². The van der Waals surface area contributed by atoms with Crippen LogP contribution >= 0.6 is 0 Å². The van der Waals surface area contributed by atoms with E-state index in [4.69, 9.17) is 0 Å². The molecule has 0 heterocycles. The zero-order valence-electron chi connectivity index (χ0n) is 9.31. The average Bonchev–Trinajstić information content (AvgIpc) is 2.10. The summed E-state index contributed by atoms with van der Waals surface area (Å²) in [5.74, 6) is 0.803. The van der Waals surface area contributed by atoms with Crippen LogP contribution in [0, 0.1) is 11.3 Å². The van der Waals surface area contributed by atoms with Gasteiger partial charge in [-0.3, -0.25) is 4.79 Å². The van der Waals surface area contributed by atoms with E-state index in [1.165, 1.54) is 0 Å². The van der Waals surface area contributed by atoms with E-state index in [0.29, 0.717) is 18.1 Å². The van der Waals surface area contributed by atoms with Gasteiger partial charge in [0.25, 0.3) is 0 Å². The van der Waals surface area contributed by atoms with Gasteiger partial charge in [-0.25, -0.2) is 0 Å². The molecule has 1 rings (SSSR count). The number of rotatable bonds is 3. The molecule has 1 heteroatoms. The van der Waals surface area contributed by atoms with Crippen molar-refractivity contribution in [1.29, 1.82) is 0 Å². The highest BCUT2D eigenvalue weighted by Gasteiger charge is 2.37. The predicted octanol–water partition coefficient (Wildman–Crippen LogP) is 3.51. The van der Waals surface area contributed by atoms with Crippen LogP contribution in [0.3, 0.4) is 0 Å². The molecule has 2 unspecified atom stereocenters. The number of allylic oxidation sites excluding steroid dienone is 2. The molecule has 0 spiro atoms. The van der Waals surface area contributed by atoms with E-state index in [0.717, 1.165) is 24.8 Å². The summed E-state index contributed by atoms with van der Waals surface area (Å²) in [4.78, 5) is 11.9. The smallest absolute Gasteiger partial charge is 0.139 e. The molecule has 0 aromatic carbocycles. The van der Waals surface area contributed by atoms with E-state index in [2.05, 4.69) is 20.1 Å². The molecule has 0 saturated heterocycles. The Morgan fingerprint density at radius 2 is 2.36 bits per heavy atom. The SMILES string of the molecule is C=CCC1(C)CCC(C(=C)C)CC1=O. The Morgan fingerprint density at radius 1 is 1.71 bits per heavy atom. The Kier molecular flexibility index (Phi) is 3.30. The lowest BCUT2D eigenvalue weighted by Crippen LogP contribution is -2.34. The maximum atomic E-state index is 11.9. The van der Waals surface area contributed by atoms with Gasteiger partial charge in [-0.2, -0.15) is 0 Å². The fraction of sp³-hybridized carbons (Fsp3) is 0.615. The Bertz CT molecular complexity index is 264. The Hall–Kier alpha value is -0.850. The third kappa shape index (κ3) is 2.14. The summed E-state index contributed by atoms with van der Waals surface area (Å²) in [6.07, 6.45) is 5.44. The molecule has 0 radical (unpaired) electrons. The number of ketones is 1.